The molecule has 1 amide bonds. The fraction of sp³-hybridized carbons (Fsp3) is 0.500. The van der Waals surface area contributed by atoms with Gasteiger partial charge in [-0.1, -0.05) is 6.07 Å². The molecule has 1 fully saturated rings. The second kappa shape index (κ2) is 5.79. The van der Waals surface area contributed by atoms with Crippen molar-refractivity contribution >= 4 is 21.6 Å². The molecule has 0 radical (unpaired) electrons. The number of benzene rings is 1. The third-order valence-electron chi connectivity index (χ3n) is 3.79. The Labute approximate surface area is 132 Å². The molecule has 0 atom stereocenters. The van der Waals surface area contributed by atoms with Crippen LogP contribution >= 0.6 is 0 Å². The molecule has 1 aliphatic heterocycles. The molecule has 0 saturated carbocycles. The van der Waals surface area contributed by atoms with Crippen LogP contribution in [0.1, 0.15) is 25.8 Å². The van der Waals surface area contributed by atoms with Crippen LogP contribution in [0.5, 0.6) is 0 Å². The molecule has 0 aliphatic carbocycles. The number of nitrogens with one attached hydrogen (secondary N) is 1. The Morgan fingerprint density at radius 3 is 2.30 bits per heavy atom. The average molecular weight is 350 g/mol. The van der Waals surface area contributed by atoms with E-state index >= 15 is 0 Å². The van der Waals surface area contributed by atoms with E-state index in [1.54, 1.807) is 0 Å². The van der Waals surface area contributed by atoms with Gasteiger partial charge in [-0.2, -0.15) is 13.2 Å². The summed E-state index contributed by atoms with van der Waals surface area (Å²) in [5.41, 5.74) is -1.02. The molecule has 1 aromatic carbocycles. The van der Waals surface area contributed by atoms with Crippen molar-refractivity contribution in [1.29, 1.82) is 0 Å². The van der Waals surface area contributed by atoms with Crippen LogP contribution < -0.4 is 5.32 Å². The number of halogens is 3. The van der Waals surface area contributed by atoms with Crippen LogP contribution in [0.15, 0.2) is 24.3 Å². The lowest BCUT2D eigenvalue weighted by atomic mass is 10.1. The Bertz CT molecular complexity index is 710. The van der Waals surface area contributed by atoms with Gasteiger partial charge in [0.25, 0.3) is 0 Å². The highest BCUT2D eigenvalue weighted by Crippen LogP contribution is 2.31. The summed E-state index contributed by atoms with van der Waals surface area (Å²) in [7, 11) is -3.86. The fourth-order valence-corrected chi connectivity index (χ4v) is 3.69. The Balaban J connectivity index is 2.21. The number of sulfonamides is 1. The molecule has 1 N–H and O–H groups in total. The van der Waals surface area contributed by atoms with Crippen molar-refractivity contribution in [3.8, 4) is 0 Å². The molecule has 9 heteroatoms. The van der Waals surface area contributed by atoms with Gasteiger partial charge in [-0.25, -0.2) is 12.7 Å². The summed E-state index contributed by atoms with van der Waals surface area (Å²) < 4.78 is 62.2. The predicted molar refractivity (Wildman–Crippen MR) is 79.3 cm³/mol. The minimum absolute atomic E-state index is 0.100. The standard InChI is InChI=1S/C14H17F3N2O3S/c1-13(2,23(21,22)19-7-4-8-19)12(20)18-11-6-3-5-10(9-11)14(15,16)17/h3,5-6,9H,4,7-8H2,1-2H3,(H,18,20). The molecule has 1 saturated heterocycles. The zero-order valence-electron chi connectivity index (χ0n) is 12.6. The number of carbonyl (C=O) groups is 1. The normalized spacial score (nSPS) is 16.7. The van der Waals surface area contributed by atoms with Crippen LogP contribution in [0.25, 0.3) is 0 Å². The highest BCUT2D eigenvalue weighted by Gasteiger charge is 2.47. The molecular formula is C14H17F3N2O3S. The van der Waals surface area contributed by atoms with Crippen molar-refractivity contribution in [3.05, 3.63) is 29.8 Å². The first kappa shape index (κ1) is 17.7. The Morgan fingerprint density at radius 1 is 1.22 bits per heavy atom. The number of rotatable bonds is 4. The van der Waals surface area contributed by atoms with E-state index in [0.29, 0.717) is 13.1 Å². The quantitative estimate of drug-likeness (QED) is 0.907. The van der Waals surface area contributed by atoms with Gasteiger partial charge in [0.2, 0.25) is 15.9 Å². The van der Waals surface area contributed by atoms with Gasteiger partial charge in [0.15, 0.2) is 4.75 Å². The first-order valence-corrected chi connectivity index (χ1v) is 8.38. The maximum atomic E-state index is 12.7. The Hall–Kier alpha value is -1.61. The lowest BCUT2D eigenvalue weighted by molar-refractivity contribution is -0.137. The number of hydrogen-bond acceptors (Lipinski definition) is 3. The summed E-state index contributed by atoms with van der Waals surface area (Å²) in [6, 6.07) is 4.07. The van der Waals surface area contributed by atoms with Gasteiger partial charge in [0.05, 0.1) is 5.56 Å². The zero-order valence-corrected chi connectivity index (χ0v) is 13.5. The van der Waals surface area contributed by atoms with Crippen molar-refractivity contribution < 1.29 is 26.4 Å². The van der Waals surface area contributed by atoms with E-state index in [-0.39, 0.29) is 5.69 Å². The number of amides is 1. The van der Waals surface area contributed by atoms with Gasteiger partial charge in [-0.15, -0.1) is 0 Å². The van der Waals surface area contributed by atoms with E-state index in [9.17, 15) is 26.4 Å². The third kappa shape index (κ3) is 3.35. The van der Waals surface area contributed by atoms with Crippen LogP contribution in [0.2, 0.25) is 0 Å². The maximum Gasteiger partial charge on any atom is 0.416 e. The van der Waals surface area contributed by atoms with Crippen LogP contribution in [-0.2, 0) is 21.0 Å². The molecule has 1 aromatic rings. The van der Waals surface area contributed by atoms with E-state index in [0.717, 1.165) is 24.6 Å². The summed E-state index contributed by atoms with van der Waals surface area (Å²) >= 11 is 0. The first-order chi connectivity index (χ1) is 10.5. The summed E-state index contributed by atoms with van der Waals surface area (Å²) in [6.45, 7) is 3.18. The second-order valence-corrected chi connectivity index (χ2v) is 8.29. The van der Waals surface area contributed by atoms with E-state index in [4.69, 9.17) is 0 Å². The van der Waals surface area contributed by atoms with Crippen molar-refractivity contribution in [2.45, 2.75) is 31.2 Å². The van der Waals surface area contributed by atoms with E-state index < -0.39 is 32.4 Å². The molecule has 2 rings (SSSR count). The van der Waals surface area contributed by atoms with Gasteiger partial charge in [-0.3, -0.25) is 4.79 Å². The lowest BCUT2D eigenvalue weighted by Gasteiger charge is -2.36. The van der Waals surface area contributed by atoms with Crippen LogP contribution in [0.3, 0.4) is 0 Å². The highest BCUT2D eigenvalue weighted by molar-refractivity contribution is 7.91. The Morgan fingerprint density at radius 2 is 1.83 bits per heavy atom. The molecule has 128 valence electrons. The van der Waals surface area contributed by atoms with Gasteiger partial charge >= 0.3 is 6.18 Å². The summed E-state index contributed by atoms with van der Waals surface area (Å²) in [5, 5.41) is 2.26. The molecule has 1 aliphatic rings. The molecule has 0 aromatic heterocycles. The molecule has 5 nitrogen and oxygen atoms in total. The number of nitrogens with zero attached hydrogens (tertiary/aromatic N) is 1. The van der Waals surface area contributed by atoms with E-state index in [1.165, 1.54) is 24.2 Å². The third-order valence-corrected chi connectivity index (χ3v) is 6.31. The van der Waals surface area contributed by atoms with Crippen LogP contribution in [0.4, 0.5) is 18.9 Å². The predicted octanol–water partition coefficient (Wildman–Crippen LogP) is 2.46. The number of alkyl halides is 3. The monoisotopic (exact) mass is 350 g/mol. The Kier molecular flexibility index (Phi) is 4.46. The molecule has 23 heavy (non-hydrogen) atoms. The number of hydrogen-bond donors (Lipinski definition) is 1. The largest absolute Gasteiger partial charge is 0.416 e. The summed E-state index contributed by atoms with van der Waals surface area (Å²) in [6.07, 6.45) is -3.81. The van der Waals surface area contributed by atoms with Gasteiger partial charge in [-0.05, 0) is 38.5 Å². The van der Waals surface area contributed by atoms with Gasteiger partial charge < -0.3 is 5.32 Å². The van der Waals surface area contributed by atoms with Gasteiger partial charge in [0, 0.05) is 18.8 Å². The van der Waals surface area contributed by atoms with Crippen molar-refractivity contribution in [1.82, 2.24) is 4.31 Å². The molecule has 0 spiro atoms. The molecule has 0 unspecified atom stereocenters. The summed E-state index contributed by atoms with van der Waals surface area (Å²) in [5.74, 6) is -0.872. The van der Waals surface area contributed by atoms with E-state index in [2.05, 4.69) is 5.32 Å². The molecule has 1 heterocycles. The topological polar surface area (TPSA) is 66.5 Å². The average Bonchev–Trinajstić information content (AvgIpc) is 2.35. The van der Waals surface area contributed by atoms with Crippen LogP contribution in [0, 0.1) is 0 Å². The minimum Gasteiger partial charge on any atom is -0.325 e. The minimum atomic E-state index is -4.54. The highest BCUT2D eigenvalue weighted by atomic mass is 32.2. The van der Waals surface area contributed by atoms with E-state index in [1.807, 2.05) is 0 Å². The smallest absolute Gasteiger partial charge is 0.325 e. The first-order valence-electron chi connectivity index (χ1n) is 6.94. The van der Waals surface area contributed by atoms with Crippen molar-refractivity contribution in [2.75, 3.05) is 18.4 Å². The second-order valence-electron chi connectivity index (χ2n) is 5.80. The zero-order chi connectivity index (χ0) is 17.5. The SMILES string of the molecule is CC(C)(C(=O)Nc1cccc(C(F)(F)F)c1)S(=O)(=O)N1CCC1. The van der Waals surface area contributed by atoms with Crippen molar-refractivity contribution in [3.63, 3.8) is 0 Å². The lowest BCUT2D eigenvalue weighted by Crippen LogP contribution is -2.55. The fourth-order valence-electron chi connectivity index (χ4n) is 2.02. The number of anilines is 1. The molecule has 0 bridgehead atoms. The van der Waals surface area contributed by atoms with Gasteiger partial charge in [0.1, 0.15) is 0 Å². The summed E-state index contributed by atoms with van der Waals surface area (Å²) in [4.78, 5) is 12.3. The number of carbonyl (C=O) groups excluding carboxylic acids is 1. The van der Waals surface area contributed by atoms with Crippen molar-refractivity contribution in [2.24, 2.45) is 0 Å². The maximum absolute atomic E-state index is 12.7. The molecular weight excluding hydrogens is 333 g/mol. The van der Waals surface area contributed by atoms with Crippen LogP contribution in [-0.4, -0.2) is 36.5 Å².